The van der Waals surface area contributed by atoms with Crippen LogP contribution in [0.5, 0.6) is 0 Å². The smallest absolute Gasteiger partial charge is 0.225 e. The van der Waals surface area contributed by atoms with E-state index in [1.807, 2.05) is 38.1 Å². The minimum atomic E-state index is 0.631. The van der Waals surface area contributed by atoms with Crippen molar-refractivity contribution in [3.63, 3.8) is 0 Å². The molecule has 0 aliphatic carbocycles. The van der Waals surface area contributed by atoms with Gasteiger partial charge in [0.15, 0.2) is 0 Å². The largest absolute Gasteiger partial charge is 0.363 e. The molecule has 3 rings (SSSR count). The number of hydrogen-bond donors (Lipinski definition) is 0. The standard InChI is InChI=1S/C17H24N6/c1-13-11-16(22(2)3)21-15(20-13)12-14-5-9-23(10-6-14)17-18-7-4-8-19-17/h4,7-8,11,14H,5-6,9-10,12H2,1-3H3. The highest BCUT2D eigenvalue weighted by molar-refractivity contribution is 5.37. The summed E-state index contributed by atoms with van der Waals surface area (Å²) in [6, 6.07) is 3.88. The number of aryl methyl sites for hydroxylation is 1. The third-order valence-electron chi connectivity index (χ3n) is 4.27. The van der Waals surface area contributed by atoms with Crippen LogP contribution in [0.25, 0.3) is 0 Å². The van der Waals surface area contributed by atoms with E-state index in [-0.39, 0.29) is 0 Å². The van der Waals surface area contributed by atoms with Gasteiger partial charge in [0.05, 0.1) is 0 Å². The Bertz CT molecular complexity index is 635. The van der Waals surface area contributed by atoms with E-state index in [1.165, 1.54) is 0 Å². The summed E-state index contributed by atoms with van der Waals surface area (Å²) in [6.45, 7) is 4.04. The fourth-order valence-corrected chi connectivity index (χ4v) is 2.98. The summed E-state index contributed by atoms with van der Waals surface area (Å²) in [7, 11) is 4.04. The van der Waals surface area contributed by atoms with Crippen LogP contribution in [0.15, 0.2) is 24.5 Å². The van der Waals surface area contributed by atoms with Crippen LogP contribution in [0.3, 0.4) is 0 Å². The van der Waals surface area contributed by atoms with Crippen LogP contribution in [0, 0.1) is 12.8 Å². The van der Waals surface area contributed by atoms with Crippen molar-refractivity contribution in [3.8, 4) is 0 Å². The lowest BCUT2D eigenvalue weighted by Gasteiger charge is -2.31. The van der Waals surface area contributed by atoms with E-state index >= 15 is 0 Å². The van der Waals surface area contributed by atoms with E-state index in [1.54, 1.807) is 12.4 Å². The molecule has 3 heterocycles. The predicted octanol–water partition coefficient (Wildman–Crippen LogP) is 2.10. The number of piperidine rings is 1. The van der Waals surface area contributed by atoms with Crippen LogP contribution in [0.1, 0.15) is 24.4 Å². The van der Waals surface area contributed by atoms with Gasteiger partial charge in [-0.2, -0.15) is 0 Å². The van der Waals surface area contributed by atoms with E-state index < -0.39 is 0 Å². The van der Waals surface area contributed by atoms with Crippen LogP contribution in [0.2, 0.25) is 0 Å². The molecule has 122 valence electrons. The summed E-state index contributed by atoms with van der Waals surface area (Å²) in [5.41, 5.74) is 1.04. The molecule has 0 spiro atoms. The molecule has 0 unspecified atom stereocenters. The second-order valence-corrected chi connectivity index (χ2v) is 6.36. The third kappa shape index (κ3) is 3.94. The molecule has 23 heavy (non-hydrogen) atoms. The van der Waals surface area contributed by atoms with Crippen molar-refractivity contribution in [1.82, 2.24) is 19.9 Å². The van der Waals surface area contributed by atoms with E-state index in [0.717, 1.165) is 55.6 Å². The number of nitrogens with zero attached hydrogens (tertiary/aromatic N) is 6. The first-order valence-electron chi connectivity index (χ1n) is 8.15. The summed E-state index contributed by atoms with van der Waals surface area (Å²) < 4.78 is 0. The van der Waals surface area contributed by atoms with Gasteiger partial charge in [-0.15, -0.1) is 0 Å². The number of anilines is 2. The molecule has 0 aromatic carbocycles. The zero-order chi connectivity index (χ0) is 16.2. The quantitative estimate of drug-likeness (QED) is 0.862. The Kier molecular flexibility index (Phi) is 4.69. The van der Waals surface area contributed by atoms with Gasteiger partial charge in [0.25, 0.3) is 0 Å². The van der Waals surface area contributed by atoms with Gasteiger partial charge in [0.1, 0.15) is 11.6 Å². The van der Waals surface area contributed by atoms with Crippen molar-refractivity contribution >= 4 is 11.8 Å². The molecule has 0 atom stereocenters. The lowest BCUT2D eigenvalue weighted by Crippen LogP contribution is -2.35. The van der Waals surface area contributed by atoms with E-state index in [0.29, 0.717) is 5.92 Å². The highest BCUT2D eigenvalue weighted by Crippen LogP contribution is 2.23. The van der Waals surface area contributed by atoms with Crippen LogP contribution in [-0.2, 0) is 6.42 Å². The van der Waals surface area contributed by atoms with Crippen molar-refractivity contribution in [2.24, 2.45) is 5.92 Å². The summed E-state index contributed by atoms with van der Waals surface area (Å²) >= 11 is 0. The Morgan fingerprint density at radius 1 is 1.13 bits per heavy atom. The fraction of sp³-hybridized carbons (Fsp3) is 0.529. The molecule has 0 radical (unpaired) electrons. The number of aromatic nitrogens is 4. The van der Waals surface area contributed by atoms with Crippen LogP contribution in [-0.4, -0.2) is 47.1 Å². The Balaban J connectivity index is 1.61. The van der Waals surface area contributed by atoms with E-state index in [9.17, 15) is 0 Å². The Morgan fingerprint density at radius 2 is 1.83 bits per heavy atom. The molecule has 2 aromatic rings. The molecule has 1 fully saturated rings. The van der Waals surface area contributed by atoms with Crippen molar-refractivity contribution in [1.29, 1.82) is 0 Å². The summed E-state index contributed by atoms with van der Waals surface area (Å²) in [4.78, 5) is 22.3. The fourth-order valence-electron chi connectivity index (χ4n) is 2.98. The summed E-state index contributed by atoms with van der Waals surface area (Å²) in [5.74, 6) is 3.42. The van der Waals surface area contributed by atoms with E-state index in [2.05, 4.69) is 24.8 Å². The SMILES string of the molecule is Cc1cc(N(C)C)nc(CC2CCN(c3ncccn3)CC2)n1. The molecular weight excluding hydrogens is 288 g/mol. The topological polar surface area (TPSA) is 58.0 Å². The normalized spacial score (nSPS) is 15.7. The minimum Gasteiger partial charge on any atom is -0.363 e. The van der Waals surface area contributed by atoms with Crippen molar-refractivity contribution in [2.45, 2.75) is 26.2 Å². The molecule has 1 saturated heterocycles. The van der Waals surface area contributed by atoms with Gasteiger partial charge in [-0.3, -0.25) is 0 Å². The van der Waals surface area contributed by atoms with Gasteiger partial charge in [0.2, 0.25) is 5.95 Å². The van der Waals surface area contributed by atoms with Gasteiger partial charge in [-0.05, 0) is 31.7 Å². The maximum absolute atomic E-state index is 4.68. The Morgan fingerprint density at radius 3 is 2.48 bits per heavy atom. The average Bonchev–Trinajstić information content (AvgIpc) is 2.56. The van der Waals surface area contributed by atoms with Crippen LogP contribution in [0.4, 0.5) is 11.8 Å². The van der Waals surface area contributed by atoms with Gasteiger partial charge in [-0.1, -0.05) is 0 Å². The molecule has 0 saturated carbocycles. The Hall–Kier alpha value is -2.24. The summed E-state index contributed by atoms with van der Waals surface area (Å²) in [6.07, 6.45) is 6.82. The lowest BCUT2D eigenvalue weighted by atomic mass is 9.93. The zero-order valence-corrected chi connectivity index (χ0v) is 14.1. The average molecular weight is 312 g/mol. The van der Waals surface area contributed by atoms with Crippen LogP contribution >= 0.6 is 0 Å². The molecule has 6 nitrogen and oxygen atoms in total. The van der Waals surface area contributed by atoms with Crippen LogP contribution < -0.4 is 9.80 Å². The second kappa shape index (κ2) is 6.89. The first-order valence-corrected chi connectivity index (χ1v) is 8.15. The molecule has 1 aliphatic rings. The molecule has 6 heteroatoms. The third-order valence-corrected chi connectivity index (χ3v) is 4.27. The van der Waals surface area contributed by atoms with Gasteiger partial charge in [0, 0.05) is 57.8 Å². The molecular formula is C17H24N6. The summed E-state index contributed by atoms with van der Waals surface area (Å²) in [5, 5.41) is 0. The minimum absolute atomic E-state index is 0.631. The zero-order valence-electron chi connectivity index (χ0n) is 14.1. The van der Waals surface area contributed by atoms with Crippen molar-refractivity contribution in [3.05, 3.63) is 36.0 Å². The van der Waals surface area contributed by atoms with Gasteiger partial charge < -0.3 is 9.80 Å². The maximum atomic E-state index is 4.68. The molecule has 0 amide bonds. The monoisotopic (exact) mass is 312 g/mol. The first-order chi connectivity index (χ1) is 11.1. The number of hydrogen-bond acceptors (Lipinski definition) is 6. The molecule has 1 aliphatic heterocycles. The molecule has 0 bridgehead atoms. The second-order valence-electron chi connectivity index (χ2n) is 6.36. The van der Waals surface area contributed by atoms with Crippen molar-refractivity contribution in [2.75, 3.05) is 37.0 Å². The first kappa shape index (κ1) is 15.6. The maximum Gasteiger partial charge on any atom is 0.225 e. The molecule has 2 aromatic heterocycles. The number of rotatable bonds is 4. The highest BCUT2D eigenvalue weighted by atomic mass is 15.2. The van der Waals surface area contributed by atoms with Crippen molar-refractivity contribution < 1.29 is 0 Å². The van der Waals surface area contributed by atoms with E-state index in [4.69, 9.17) is 0 Å². The highest BCUT2D eigenvalue weighted by Gasteiger charge is 2.22. The van der Waals surface area contributed by atoms with Gasteiger partial charge in [-0.25, -0.2) is 19.9 Å². The predicted molar refractivity (Wildman–Crippen MR) is 91.8 cm³/mol. The lowest BCUT2D eigenvalue weighted by molar-refractivity contribution is 0.394. The molecule has 0 N–H and O–H groups in total. The van der Waals surface area contributed by atoms with Gasteiger partial charge >= 0.3 is 0 Å². The Labute approximate surface area is 137 Å².